The molecule has 2 atom stereocenters. The lowest BCUT2D eigenvalue weighted by atomic mass is 9.98. The fraction of sp³-hybridized carbons (Fsp3) is 0.778. The van der Waals surface area contributed by atoms with Crippen LogP contribution in [-0.4, -0.2) is 17.3 Å². The monoisotopic (exact) mass is 193 g/mol. The molecule has 0 aliphatic heterocycles. The zero-order chi connectivity index (χ0) is 8.85. The van der Waals surface area contributed by atoms with Crippen LogP contribution in [0.2, 0.25) is 0 Å². The third-order valence-electron chi connectivity index (χ3n) is 1.65. The molecule has 0 aliphatic rings. The third kappa shape index (κ3) is 6.65. The minimum atomic E-state index is -0.421. The Balaban J connectivity index is 0. The summed E-state index contributed by atoms with van der Waals surface area (Å²) < 4.78 is 0. The van der Waals surface area contributed by atoms with Crippen molar-refractivity contribution in [3.05, 3.63) is 12.7 Å². The molecule has 3 heteroatoms. The normalized spacial score (nSPS) is 15.1. The summed E-state index contributed by atoms with van der Waals surface area (Å²) >= 11 is 0. The van der Waals surface area contributed by atoms with Crippen LogP contribution < -0.4 is 5.73 Å². The van der Waals surface area contributed by atoms with E-state index >= 15 is 0 Å². The van der Waals surface area contributed by atoms with Gasteiger partial charge in [0.15, 0.2) is 0 Å². The molecule has 0 aromatic carbocycles. The first-order chi connectivity index (χ1) is 5.07. The van der Waals surface area contributed by atoms with Crippen LogP contribution in [0, 0.1) is 5.92 Å². The lowest BCUT2D eigenvalue weighted by molar-refractivity contribution is 0.137. The fourth-order valence-corrected chi connectivity index (χ4v) is 1.05. The van der Waals surface area contributed by atoms with Crippen molar-refractivity contribution in [2.45, 2.75) is 38.8 Å². The van der Waals surface area contributed by atoms with Gasteiger partial charge in [0.1, 0.15) is 0 Å². The number of aliphatic hydroxyl groups excluding tert-OH is 1. The average molecular weight is 194 g/mol. The fourth-order valence-electron chi connectivity index (χ4n) is 1.05. The van der Waals surface area contributed by atoms with Crippen LogP contribution in [0.1, 0.15) is 26.7 Å². The Labute approximate surface area is 81.3 Å². The maximum Gasteiger partial charge on any atom is 0.0725 e. The van der Waals surface area contributed by atoms with E-state index in [4.69, 9.17) is 5.73 Å². The van der Waals surface area contributed by atoms with Gasteiger partial charge in [0.25, 0.3) is 0 Å². The van der Waals surface area contributed by atoms with Crippen molar-refractivity contribution < 1.29 is 5.11 Å². The topological polar surface area (TPSA) is 46.2 Å². The van der Waals surface area contributed by atoms with E-state index in [9.17, 15) is 5.11 Å². The predicted octanol–water partition coefficient (Wildman–Crippen LogP) is 1.72. The molecule has 0 rings (SSSR count). The highest BCUT2D eigenvalue weighted by Crippen LogP contribution is 2.08. The highest BCUT2D eigenvalue weighted by atomic mass is 35.5. The summed E-state index contributed by atoms with van der Waals surface area (Å²) in [4.78, 5) is 0. The molecule has 12 heavy (non-hydrogen) atoms. The van der Waals surface area contributed by atoms with Crippen molar-refractivity contribution in [3.63, 3.8) is 0 Å². The molecule has 0 aromatic heterocycles. The van der Waals surface area contributed by atoms with Gasteiger partial charge in [-0.15, -0.1) is 19.0 Å². The quantitative estimate of drug-likeness (QED) is 0.654. The first kappa shape index (κ1) is 14.5. The van der Waals surface area contributed by atoms with E-state index in [1.807, 2.05) is 0 Å². The minimum absolute atomic E-state index is 0. The van der Waals surface area contributed by atoms with Gasteiger partial charge in [-0.1, -0.05) is 19.9 Å². The zero-order valence-electron chi connectivity index (χ0n) is 7.86. The van der Waals surface area contributed by atoms with Crippen LogP contribution in [0.4, 0.5) is 0 Å². The molecule has 0 fully saturated rings. The molecule has 0 heterocycles. The molecule has 0 saturated heterocycles. The van der Waals surface area contributed by atoms with Gasteiger partial charge in [-0.05, 0) is 18.8 Å². The minimum Gasteiger partial charge on any atom is -0.391 e. The van der Waals surface area contributed by atoms with Crippen molar-refractivity contribution in [1.82, 2.24) is 0 Å². The third-order valence-corrected chi connectivity index (χ3v) is 1.65. The van der Waals surface area contributed by atoms with E-state index in [0.29, 0.717) is 12.3 Å². The maximum absolute atomic E-state index is 9.37. The van der Waals surface area contributed by atoms with E-state index in [1.165, 1.54) is 0 Å². The Morgan fingerprint density at radius 1 is 1.50 bits per heavy atom. The number of hydrogen-bond acceptors (Lipinski definition) is 2. The van der Waals surface area contributed by atoms with Crippen molar-refractivity contribution in [3.8, 4) is 0 Å². The van der Waals surface area contributed by atoms with Gasteiger partial charge in [-0.25, -0.2) is 0 Å². The van der Waals surface area contributed by atoms with E-state index < -0.39 is 6.10 Å². The van der Waals surface area contributed by atoms with Gasteiger partial charge in [-0.2, -0.15) is 0 Å². The molecule has 0 radical (unpaired) electrons. The van der Waals surface area contributed by atoms with Crippen LogP contribution in [0.5, 0.6) is 0 Å². The van der Waals surface area contributed by atoms with Gasteiger partial charge in [-0.3, -0.25) is 0 Å². The van der Waals surface area contributed by atoms with Crippen molar-refractivity contribution in [2.24, 2.45) is 11.7 Å². The van der Waals surface area contributed by atoms with Crippen LogP contribution >= 0.6 is 12.4 Å². The molecular weight excluding hydrogens is 174 g/mol. The van der Waals surface area contributed by atoms with Crippen molar-refractivity contribution in [1.29, 1.82) is 0 Å². The summed E-state index contributed by atoms with van der Waals surface area (Å²) in [6.45, 7) is 7.74. The molecule has 2 nitrogen and oxygen atoms in total. The Kier molecular flexibility index (Phi) is 9.16. The van der Waals surface area contributed by atoms with E-state index in [1.54, 1.807) is 6.08 Å². The number of halogens is 1. The molecule has 0 saturated carbocycles. The smallest absolute Gasteiger partial charge is 0.0725 e. The predicted molar refractivity (Wildman–Crippen MR) is 55.5 cm³/mol. The van der Waals surface area contributed by atoms with E-state index in [-0.39, 0.29) is 18.4 Å². The summed E-state index contributed by atoms with van der Waals surface area (Å²) in [5.41, 5.74) is 5.71. The van der Waals surface area contributed by atoms with Gasteiger partial charge in [0.05, 0.1) is 6.10 Å². The highest BCUT2D eigenvalue weighted by molar-refractivity contribution is 5.85. The van der Waals surface area contributed by atoms with Gasteiger partial charge < -0.3 is 10.8 Å². The summed E-state index contributed by atoms with van der Waals surface area (Å²) in [6.07, 6.45) is 2.74. The summed E-state index contributed by atoms with van der Waals surface area (Å²) in [5, 5.41) is 9.37. The Morgan fingerprint density at radius 3 is 2.33 bits per heavy atom. The first-order valence-electron chi connectivity index (χ1n) is 4.12. The Bertz CT molecular complexity index is 117. The van der Waals surface area contributed by atoms with Crippen LogP contribution in [0.3, 0.4) is 0 Å². The molecule has 0 aromatic rings. The number of aliphatic hydroxyl groups is 1. The molecule has 3 N–H and O–H groups in total. The summed E-state index contributed by atoms with van der Waals surface area (Å²) in [5.74, 6) is 0.546. The number of hydrogen-bond donors (Lipinski definition) is 2. The van der Waals surface area contributed by atoms with Crippen molar-refractivity contribution in [2.75, 3.05) is 0 Å². The highest BCUT2D eigenvalue weighted by Gasteiger charge is 2.13. The molecular formula is C9H20ClNO. The second-order valence-electron chi connectivity index (χ2n) is 3.39. The van der Waals surface area contributed by atoms with Gasteiger partial charge in [0.2, 0.25) is 0 Å². The van der Waals surface area contributed by atoms with Crippen LogP contribution in [0.25, 0.3) is 0 Å². The molecule has 0 bridgehead atoms. The molecule has 0 aliphatic carbocycles. The van der Waals surface area contributed by atoms with E-state index in [0.717, 1.165) is 6.42 Å². The van der Waals surface area contributed by atoms with Gasteiger partial charge >= 0.3 is 0 Å². The largest absolute Gasteiger partial charge is 0.391 e. The lowest BCUT2D eigenvalue weighted by Crippen LogP contribution is -2.35. The molecule has 2 unspecified atom stereocenters. The average Bonchev–Trinajstić information content (AvgIpc) is 1.86. The Morgan fingerprint density at radius 2 is 2.00 bits per heavy atom. The summed E-state index contributed by atoms with van der Waals surface area (Å²) in [6, 6.07) is -0.104. The maximum atomic E-state index is 9.37. The van der Waals surface area contributed by atoms with E-state index in [2.05, 4.69) is 20.4 Å². The molecule has 0 spiro atoms. The first-order valence-corrected chi connectivity index (χ1v) is 4.12. The summed E-state index contributed by atoms with van der Waals surface area (Å²) in [7, 11) is 0. The van der Waals surface area contributed by atoms with Crippen molar-refractivity contribution >= 4 is 12.4 Å². The Hall–Kier alpha value is -0.0500. The second kappa shape index (κ2) is 7.59. The van der Waals surface area contributed by atoms with Crippen LogP contribution in [0.15, 0.2) is 12.7 Å². The zero-order valence-corrected chi connectivity index (χ0v) is 8.68. The molecule has 0 amide bonds. The SMILES string of the molecule is C=CCC(O)C(N)CC(C)C.Cl. The molecule has 74 valence electrons. The number of nitrogens with two attached hydrogens (primary N) is 1. The van der Waals surface area contributed by atoms with Gasteiger partial charge in [0, 0.05) is 6.04 Å². The second-order valence-corrected chi connectivity index (χ2v) is 3.39. The lowest BCUT2D eigenvalue weighted by Gasteiger charge is -2.18. The van der Waals surface area contributed by atoms with Crippen LogP contribution in [-0.2, 0) is 0 Å². The standard InChI is InChI=1S/C9H19NO.ClH/c1-4-5-9(11)8(10)6-7(2)3;/h4,7-9,11H,1,5-6,10H2,2-3H3;1H. The number of rotatable bonds is 5.